The molecular formula is C21H15NO4S. The second-order valence-corrected chi connectivity index (χ2v) is 7.66. The first kappa shape index (κ1) is 17.1. The number of benzene rings is 3. The Hall–Kier alpha value is -3.38. The van der Waals surface area contributed by atoms with Gasteiger partial charge in [-0.15, -0.1) is 0 Å². The number of anilines is 1. The molecule has 0 fully saturated rings. The Kier molecular flexibility index (Phi) is 4.25. The molecule has 1 aromatic heterocycles. The molecule has 4 aromatic rings. The highest BCUT2D eigenvalue weighted by molar-refractivity contribution is 7.92. The third kappa shape index (κ3) is 3.47. The largest absolute Gasteiger partial charge is 0.422 e. The molecule has 0 aliphatic carbocycles. The van der Waals surface area contributed by atoms with Gasteiger partial charge in [0.25, 0.3) is 10.0 Å². The Labute approximate surface area is 156 Å². The Bertz CT molecular complexity index is 1260. The van der Waals surface area contributed by atoms with Crippen LogP contribution in [0.3, 0.4) is 0 Å². The summed E-state index contributed by atoms with van der Waals surface area (Å²) < 4.78 is 32.6. The minimum absolute atomic E-state index is 0.184. The van der Waals surface area contributed by atoms with Gasteiger partial charge in [0, 0.05) is 11.1 Å². The first-order valence-corrected chi connectivity index (χ1v) is 9.72. The molecule has 0 radical (unpaired) electrons. The van der Waals surface area contributed by atoms with Crippen molar-refractivity contribution in [3.8, 4) is 11.1 Å². The summed E-state index contributed by atoms with van der Waals surface area (Å²) in [6, 6.07) is 23.8. The number of para-hydroxylation sites is 1. The second kappa shape index (κ2) is 6.74. The van der Waals surface area contributed by atoms with Gasteiger partial charge in [-0.3, -0.25) is 4.72 Å². The molecule has 1 N–H and O–H groups in total. The van der Waals surface area contributed by atoms with Gasteiger partial charge in [-0.05, 0) is 42.0 Å². The summed E-state index contributed by atoms with van der Waals surface area (Å²) in [5, 5.41) is 0.820. The molecule has 27 heavy (non-hydrogen) atoms. The molecule has 0 amide bonds. The van der Waals surface area contributed by atoms with Gasteiger partial charge in [0.15, 0.2) is 0 Å². The topological polar surface area (TPSA) is 76.4 Å². The maximum atomic E-state index is 12.4. The predicted octanol–water partition coefficient (Wildman–Crippen LogP) is 4.26. The van der Waals surface area contributed by atoms with Crippen molar-refractivity contribution < 1.29 is 12.8 Å². The van der Waals surface area contributed by atoms with Gasteiger partial charge in [-0.1, -0.05) is 48.5 Å². The molecule has 0 unspecified atom stereocenters. The SMILES string of the molecule is O=c1oc2ccccc2cc1-c1ccc(NS(=O)(=O)c2ccccc2)cc1. The maximum absolute atomic E-state index is 12.4. The van der Waals surface area contributed by atoms with Crippen LogP contribution in [0.25, 0.3) is 22.1 Å². The van der Waals surface area contributed by atoms with Crippen molar-refractivity contribution in [2.75, 3.05) is 4.72 Å². The highest BCUT2D eigenvalue weighted by atomic mass is 32.2. The van der Waals surface area contributed by atoms with Crippen LogP contribution in [0.15, 0.2) is 99.0 Å². The van der Waals surface area contributed by atoms with Crippen molar-refractivity contribution in [1.29, 1.82) is 0 Å². The number of rotatable bonds is 4. The van der Waals surface area contributed by atoms with E-state index in [1.807, 2.05) is 12.1 Å². The molecule has 0 atom stereocenters. The van der Waals surface area contributed by atoms with E-state index in [9.17, 15) is 13.2 Å². The predicted molar refractivity (Wildman–Crippen MR) is 105 cm³/mol. The van der Waals surface area contributed by atoms with E-state index >= 15 is 0 Å². The maximum Gasteiger partial charge on any atom is 0.344 e. The van der Waals surface area contributed by atoms with E-state index in [1.54, 1.807) is 60.7 Å². The van der Waals surface area contributed by atoms with E-state index in [1.165, 1.54) is 12.1 Å². The van der Waals surface area contributed by atoms with Gasteiger partial charge < -0.3 is 4.42 Å². The van der Waals surface area contributed by atoms with Crippen molar-refractivity contribution in [1.82, 2.24) is 0 Å². The van der Waals surface area contributed by atoms with Gasteiger partial charge in [-0.25, -0.2) is 13.2 Å². The summed E-state index contributed by atoms with van der Waals surface area (Å²) in [5.74, 6) is 0. The quantitative estimate of drug-likeness (QED) is 0.539. The smallest absolute Gasteiger partial charge is 0.344 e. The van der Waals surface area contributed by atoms with Crippen LogP contribution >= 0.6 is 0 Å². The molecule has 4 rings (SSSR count). The molecule has 0 aliphatic rings. The lowest BCUT2D eigenvalue weighted by atomic mass is 10.1. The van der Waals surface area contributed by atoms with Gasteiger partial charge in [-0.2, -0.15) is 0 Å². The summed E-state index contributed by atoms with van der Waals surface area (Å²) in [5.41, 5.74) is 1.57. The molecule has 0 bridgehead atoms. The third-order valence-corrected chi connectivity index (χ3v) is 5.54. The fourth-order valence-electron chi connectivity index (χ4n) is 2.79. The molecule has 5 nitrogen and oxygen atoms in total. The lowest BCUT2D eigenvalue weighted by Crippen LogP contribution is -2.12. The monoisotopic (exact) mass is 377 g/mol. The first-order chi connectivity index (χ1) is 13.0. The Morgan fingerprint density at radius 1 is 0.778 bits per heavy atom. The van der Waals surface area contributed by atoms with Crippen molar-refractivity contribution in [2.24, 2.45) is 0 Å². The minimum Gasteiger partial charge on any atom is -0.422 e. The zero-order valence-corrected chi connectivity index (χ0v) is 14.9. The normalized spacial score (nSPS) is 11.4. The van der Waals surface area contributed by atoms with E-state index in [0.717, 1.165) is 5.39 Å². The zero-order chi connectivity index (χ0) is 18.9. The fourth-order valence-corrected chi connectivity index (χ4v) is 3.87. The summed E-state index contributed by atoms with van der Waals surface area (Å²) in [4.78, 5) is 12.4. The summed E-state index contributed by atoms with van der Waals surface area (Å²) in [6.07, 6.45) is 0. The number of hydrogen-bond acceptors (Lipinski definition) is 4. The second-order valence-electron chi connectivity index (χ2n) is 5.98. The van der Waals surface area contributed by atoms with Crippen LogP contribution in [0.5, 0.6) is 0 Å². The van der Waals surface area contributed by atoms with Gasteiger partial charge in [0.2, 0.25) is 0 Å². The fraction of sp³-hybridized carbons (Fsp3) is 0. The molecule has 0 saturated heterocycles. The number of nitrogens with one attached hydrogen (secondary N) is 1. The van der Waals surface area contributed by atoms with Gasteiger partial charge >= 0.3 is 5.63 Å². The van der Waals surface area contributed by atoms with Crippen LogP contribution in [0.4, 0.5) is 5.69 Å². The van der Waals surface area contributed by atoms with Crippen LogP contribution in [0.1, 0.15) is 0 Å². The molecule has 3 aromatic carbocycles. The molecule has 134 valence electrons. The molecule has 1 heterocycles. The van der Waals surface area contributed by atoms with E-state index in [-0.39, 0.29) is 4.90 Å². The average Bonchev–Trinajstić information content (AvgIpc) is 2.68. The van der Waals surface area contributed by atoms with Crippen molar-refractivity contribution in [3.63, 3.8) is 0 Å². The van der Waals surface area contributed by atoms with Crippen molar-refractivity contribution in [2.45, 2.75) is 4.90 Å². The zero-order valence-electron chi connectivity index (χ0n) is 14.1. The minimum atomic E-state index is -3.66. The van der Waals surface area contributed by atoms with E-state index < -0.39 is 15.6 Å². The third-order valence-electron chi connectivity index (χ3n) is 4.14. The van der Waals surface area contributed by atoms with Crippen LogP contribution < -0.4 is 10.3 Å². The summed E-state index contributed by atoms with van der Waals surface area (Å²) >= 11 is 0. The lowest BCUT2D eigenvalue weighted by Gasteiger charge is -2.09. The van der Waals surface area contributed by atoms with Crippen LogP contribution in [0.2, 0.25) is 0 Å². The van der Waals surface area contributed by atoms with Crippen LogP contribution in [-0.2, 0) is 10.0 Å². The van der Waals surface area contributed by atoms with Crippen molar-refractivity contribution >= 4 is 26.7 Å². The van der Waals surface area contributed by atoms with Crippen LogP contribution in [0, 0.1) is 0 Å². The molecule has 0 aliphatic heterocycles. The van der Waals surface area contributed by atoms with Crippen LogP contribution in [-0.4, -0.2) is 8.42 Å². The summed E-state index contributed by atoms with van der Waals surface area (Å²) in [7, 11) is -3.66. The van der Waals surface area contributed by atoms with Crippen molar-refractivity contribution in [3.05, 3.63) is 95.3 Å². The Balaban J connectivity index is 1.65. The highest BCUT2D eigenvalue weighted by Crippen LogP contribution is 2.23. The van der Waals surface area contributed by atoms with E-state index in [2.05, 4.69) is 4.72 Å². The average molecular weight is 377 g/mol. The number of hydrogen-bond donors (Lipinski definition) is 1. The summed E-state index contributed by atoms with van der Waals surface area (Å²) in [6.45, 7) is 0. The number of fused-ring (bicyclic) bond motifs is 1. The van der Waals surface area contributed by atoms with Gasteiger partial charge in [0.1, 0.15) is 5.58 Å². The Morgan fingerprint density at radius 2 is 1.44 bits per heavy atom. The Morgan fingerprint density at radius 3 is 2.19 bits per heavy atom. The number of sulfonamides is 1. The molecular weight excluding hydrogens is 362 g/mol. The standard InChI is InChI=1S/C21H15NO4S/c23-21-19(14-16-6-4-5-9-20(16)26-21)15-10-12-17(13-11-15)22-27(24,25)18-7-2-1-3-8-18/h1-14,22H. The molecule has 0 spiro atoms. The van der Waals surface area contributed by atoms with E-state index in [0.29, 0.717) is 22.4 Å². The molecule has 0 saturated carbocycles. The first-order valence-electron chi connectivity index (χ1n) is 8.24. The van der Waals surface area contributed by atoms with E-state index in [4.69, 9.17) is 4.42 Å². The van der Waals surface area contributed by atoms with Gasteiger partial charge in [0.05, 0.1) is 10.5 Å². The lowest BCUT2D eigenvalue weighted by molar-refractivity contribution is 0.563. The highest BCUT2D eigenvalue weighted by Gasteiger charge is 2.14. The molecule has 6 heteroatoms.